The lowest BCUT2D eigenvalue weighted by Crippen LogP contribution is -2.64. The van der Waals surface area contributed by atoms with Gasteiger partial charge in [-0.15, -0.1) is 0 Å². The Labute approximate surface area is 205 Å². The average Bonchev–Trinajstić information content (AvgIpc) is 3.03. The number of aliphatic hydroxyl groups is 3. The van der Waals surface area contributed by atoms with E-state index in [2.05, 4.69) is 15.4 Å². The van der Waals surface area contributed by atoms with Crippen molar-refractivity contribution >= 4 is 23.8 Å². The number of ether oxygens (including phenoxy) is 3. The average molecular weight is 503 g/mol. The van der Waals surface area contributed by atoms with Gasteiger partial charge in [-0.1, -0.05) is 20.3 Å². The molecule has 0 aromatic carbocycles. The summed E-state index contributed by atoms with van der Waals surface area (Å²) in [7, 11) is 0. The van der Waals surface area contributed by atoms with E-state index in [4.69, 9.17) is 9.47 Å². The normalized spacial score (nSPS) is 26.3. The van der Waals surface area contributed by atoms with Crippen LogP contribution in [0.4, 0.5) is 0 Å². The van der Waals surface area contributed by atoms with Crippen LogP contribution in [0.25, 0.3) is 0 Å². The van der Waals surface area contributed by atoms with Gasteiger partial charge in [0.05, 0.1) is 6.61 Å². The second-order valence-corrected chi connectivity index (χ2v) is 8.35. The maximum absolute atomic E-state index is 11.9. The SMILES string of the molecule is C.CC(=O)NC1C(OCCCCCCNC(=O)CCC2=C(C)C(=O)OC2=O)OC(CO)C(O)C1O. The minimum absolute atomic E-state index is 0. The number of carbonyl (C=O) groups excluding carboxylic acids is 4. The predicted octanol–water partition coefficient (Wildman–Crippen LogP) is -0.560. The molecule has 12 nitrogen and oxygen atoms in total. The van der Waals surface area contributed by atoms with E-state index in [1.54, 1.807) is 0 Å². The van der Waals surface area contributed by atoms with Crippen LogP contribution in [0.1, 0.15) is 59.8 Å². The first-order valence-electron chi connectivity index (χ1n) is 11.4. The molecule has 2 heterocycles. The summed E-state index contributed by atoms with van der Waals surface area (Å²) in [6.45, 7) is 3.02. The Morgan fingerprint density at radius 1 is 1.06 bits per heavy atom. The molecule has 5 unspecified atom stereocenters. The molecule has 2 aliphatic heterocycles. The second kappa shape index (κ2) is 14.9. The maximum atomic E-state index is 11.9. The van der Waals surface area contributed by atoms with Gasteiger partial charge in [-0.05, 0) is 26.2 Å². The van der Waals surface area contributed by atoms with Gasteiger partial charge in [-0.25, -0.2) is 9.59 Å². The zero-order valence-corrected chi connectivity index (χ0v) is 19.5. The molecule has 5 N–H and O–H groups in total. The summed E-state index contributed by atoms with van der Waals surface area (Å²) in [5.41, 5.74) is 0.495. The van der Waals surface area contributed by atoms with E-state index >= 15 is 0 Å². The van der Waals surface area contributed by atoms with Crippen LogP contribution < -0.4 is 10.6 Å². The summed E-state index contributed by atoms with van der Waals surface area (Å²) in [5, 5.41) is 34.8. The Morgan fingerprint density at radius 3 is 2.34 bits per heavy atom. The third kappa shape index (κ3) is 8.97. The highest BCUT2D eigenvalue weighted by atomic mass is 16.7. The van der Waals surface area contributed by atoms with Crippen LogP contribution in [0.3, 0.4) is 0 Å². The number of aliphatic hydroxyl groups excluding tert-OH is 3. The molecule has 1 saturated heterocycles. The number of amides is 2. The second-order valence-electron chi connectivity index (χ2n) is 8.35. The molecule has 0 radical (unpaired) electrons. The number of rotatable bonds is 13. The lowest BCUT2D eigenvalue weighted by molar-refractivity contribution is -0.270. The first-order chi connectivity index (χ1) is 16.1. The molecular weight excluding hydrogens is 464 g/mol. The van der Waals surface area contributed by atoms with E-state index in [1.807, 2.05) is 0 Å². The minimum Gasteiger partial charge on any atom is -0.394 e. The third-order valence-electron chi connectivity index (χ3n) is 5.72. The van der Waals surface area contributed by atoms with Crippen LogP contribution in [0, 0.1) is 0 Å². The van der Waals surface area contributed by atoms with Crippen molar-refractivity contribution in [1.82, 2.24) is 10.6 Å². The number of esters is 2. The van der Waals surface area contributed by atoms with Crippen molar-refractivity contribution in [1.29, 1.82) is 0 Å². The Balaban J connectivity index is 0.00000612. The Morgan fingerprint density at radius 2 is 1.74 bits per heavy atom. The van der Waals surface area contributed by atoms with E-state index in [9.17, 15) is 34.5 Å². The number of cyclic esters (lactones) is 2. The van der Waals surface area contributed by atoms with Gasteiger partial charge in [0.1, 0.15) is 24.4 Å². The molecule has 1 fully saturated rings. The number of unbranched alkanes of at least 4 members (excludes halogenated alkanes) is 3. The standard InChI is InChI=1S/C22H34N2O10.CH4/c1-12-14(21(31)34-20(12)30)7-8-16(27)23-9-5-3-4-6-10-32-22-17(24-13(2)26)19(29)18(28)15(11-25)33-22;/h15,17-19,22,25,28-29H,3-11H2,1-2H3,(H,23,27)(H,24,26);1H4. The Bertz CT molecular complexity index is 784. The van der Waals surface area contributed by atoms with Crippen molar-refractivity contribution in [2.24, 2.45) is 0 Å². The van der Waals surface area contributed by atoms with Gasteiger partial charge in [-0.3, -0.25) is 9.59 Å². The van der Waals surface area contributed by atoms with Gasteiger partial charge in [-0.2, -0.15) is 0 Å². The van der Waals surface area contributed by atoms with E-state index in [0.717, 1.165) is 19.3 Å². The zero-order valence-electron chi connectivity index (χ0n) is 19.5. The molecule has 5 atom stereocenters. The Kier molecular flexibility index (Phi) is 13.0. The molecular formula is C23H38N2O10. The smallest absolute Gasteiger partial charge is 0.342 e. The van der Waals surface area contributed by atoms with Crippen LogP contribution in [0.5, 0.6) is 0 Å². The van der Waals surface area contributed by atoms with Crippen molar-refractivity contribution in [3.8, 4) is 0 Å². The highest BCUT2D eigenvalue weighted by Gasteiger charge is 2.45. The van der Waals surface area contributed by atoms with E-state index < -0.39 is 55.1 Å². The number of hydrogen-bond donors (Lipinski definition) is 5. The van der Waals surface area contributed by atoms with Gasteiger partial charge in [0, 0.05) is 37.6 Å². The molecule has 0 aliphatic carbocycles. The van der Waals surface area contributed by atoms with E-state index in [-0.39, 0.29) is 43.9 Å². The summed E-state index contributed by atoms with van der Waals surface area (Å²) in [6.07, 6.45) is -1.47. The lowest BCUT2D eigenvalue weighted by atomic mass is 9.97. The molecule has 0 saturated carbocycles. The van der Waals surface area contributed by atoms with Gasteiger partial charge < -0.3 is 40.2 Å². The van der Waals surface area contributed by atoms with Crippen LogP contribution in [0.2, 0.25) is 0 Å². The van der Waals surface area contributed by atoms with E-state index in [0.29, 0.717) is 13.0 Å². The molecule has 0 aromatic heterocycles. The highest BCUT2D eigenvalue weighted by Crippen LogP contribution is 2.23. The molecule has 2 aliphatic rings. The zero-order chi connectivity index (χ0) is 25.3. The highest BCUT2D eigenvalue weighted by molar-refractivity contribution is 6.12. The molecule has 35 heavy (non-hydrogen) atoms. The summed E-state index contributed by atoms with van der Waals surface area (Å²) in [4.78, 5) is 46.1. The summed E-state index contributed by atoms with van der Waals surface area (Å²) in [6, 6.07) is -0.964. The summed E-state index contributed by atoms with van der Waals surface area (Å²) < 4.78 is 15.6. The van der Waals surface area contributed by atoms with Crippen molar-refractivity contribution in [2.45, 2.75) is 90.4 Å². The fraction of sp³-hybridized carbons (Fsp3) is 0.739. The minimum atomic E-state index is -1.35. The molecule has 2 rings (SSSR count). The van der Waals surface area contributed by atoms with E-state index in [1.165, 1.54) is 13.8 Å². The quantitative estimate of drug-likeness (QED) is 0.124. The van der Waals surface area contributed by atoms with Crippen LogP contribution >= 0.6 is 0 Å². The van der Waals surface area contributed by atoms with Gasteiger partial charge in [0.25, 0.3) is 0 Å². The number of hydrogen-bond acceptors (Lipinski definition) is 10. The van der Waals surface area contributed by atoms with Crippen molar-refractivity contribution in [3.05, 3.63) is 11.1 Å². The molecule has 2 amide bonds. The predicted molar refractivity (Wildman–Crippen MR) is 123 cm³/mol. The third-order valence-corrected chi connectivity index (χ3v) is 5.72. The van der Waals surface area contributed by atoms with Crippen molar-refractivity contribution in [2.75, 3.05) is 19.8 Å². The van der Waals surface area contributed by atoms with Crippen molar-refractivity contribution < 1.29 is 48.7 Å². The Hall–Kier alpha value is -2.38. The molecule has 0 aromatic rings. The van der Waals surface area contributed by atoms with Gasteiger partial charge >= 0.3 is 11.9 Å². The maximum Gasteiger partial charge on any atom is 0.342 e. The largest absolute Gasteiger partial charge is 0.394 e. The molecule has 0 bridgehead atoms. The van der Waals surface area contributed by atoms with Crippen LogP contribution in [0.15, 0.2) is 11.1 Å². The monoisotopic (exact) mass is 502 g/mol. The number of nitrogens with one attached hydrogen (secondary N) is 2. The molecule has 0 spiro atoms. The number of carbonyl (C=O) groups is 4. The first kappa shape index (κ1) is 30.7. The first-order valence-corrected chi connectivity index (χ1v) is 11.4. The topological polar surface area (TPSA) is 181 Å². The van der Waals surface area contributed by atoms with Crippen LogP contribution in [-0.2, 0) is 33.4 Å². The lowest BCUT2D eigenvalue weighted by Gasteiger charge is -2.42. The van der Waals surface area contributed by atoms with Gasteiger partial charge in [0.15, 0.2) is 6.29 Å². The molecule has 200 valence electrons. The van der Waals surface area contributed by atoms with Gasteiger partial charge in [0.2, 0.25) is 11.8 Å². The molecule has 12 heteroatoms. The fourth-order valence-corrected chi connectivity index (χ4v) is 3.74. The van der Waals surface area contributed by atoms with Crippen molar-refractivity contribution in [3.63, 3.8) is 0 Å². The fourth-order valence-electron chi connectivity index (χ4n) is 3.74. The van der Waals surface area contributed by atoms with Crippen LogP contribution in [-0.4, -0.2) is 89.5 Å². The summed E-state index contributed by atoms with van der Waals surface area (Å²) in [5.74, 6) is -1.97. The summed E-state index contributed by atoms with van der Waals surface area (Å²) >= 11 is 0.